The predicted molar refractivity (Wildman–Crippen MR) is 67.4 cm³/mol. The van der Waals surface area contributed by atoms with Gasteiger partial charge in [-0.15, -0.1) is 0 Å². The van der Waals surface area contributed by atoms with Crippen molar-refractivity contribution in [2.45, 2.75) is 4.90 Å². The lowest BCUT2D eigenvalue weighted by atomic mass is 10.2. The summed E-state index contributed by atoms with van der Waals surface area (Å²) >= 11 is 0. The van der Waals surface area contributed by atoms with Crippen molar-refractivity contribution in [2.75, 3.05) is 18.6 Å². The maximum Gasteiger partial charge on any atom is 0.341 e. The molecular weight excluding hydrogens is 316 g/mol. The summed E-state index contributed by atoms with van der Waals surface area (Å²) in [7, 11) is -5.60. The summed E-state index contributed by atoms with van der Waals surface area (Å²) in [6.45, 7) is -0.218. The van der Waals surface area contributed by atoms with Crippen LogP contribution in [0.25, 0.3) is 0 Å². The van der Waals surface area contributed by atoms with Crippen LogP contribution in [0.15, 0.2) is 17.0 Å². The van der Waals surface area contributed by atoms with E-state index in [-0.39, 0.29) is 12.3 Å². The number of hydrogen-bond donors (Lipinski definition) is 2. The minimum atomic E-state index is -4.35. The molecule has 0 amide bonds. The first-order valence-corrected chi connectivity index (χ1v) is 8.39. The van der Waals surface area contributed by atoms with Crippen molar-refractivity contribution in [3.8, 4) is 0 Å². The summed E-state index contributed by atoms with van der Waals surface area (Å²) in [6, 6.07) is 1.18. The molecule has 0 radical (unpaired) electrons. The van der Waals surface area contributed by atoms with E-state index in [4.69, 9.17) is 5.11 Å². The second kappa shape index (κ2) is 6.37. The minimum absolute atomic E-state index is 0.00777. The van der Waals surface area contributed by atoms with Crippen LogP contribution in [0.2, 0.25) is 0 Å². The largest absolute Gasteiger partial charge is 0.477 e. The highest BCUT2D eigenvalue weighted by molar-refractivity contribution is 7.89. The fourth-order valence-corrected chi connectivity index (χ4v) is 2.96. The van der Waals surface area contributed by atoms with Crippen LogP contribution in [0.1, 0.15) is 10.4 Å². The van der Waals surface area contributed by atoms with Crippen molar-refractivity contribution in [2.24, 2.45) is 0 Å². The summed E-state index contributed by atoms with van der Waals surface area (Å²) in [5.74, 6) is -4.95. The molecule has 1 atom stereocenters. The van der Waals surface area contributed by atoms with E-state index in [1.165, 1.54) is 6.26 Å². The van der Waals surface area contributed by atoms with E-state index in [1.807, 2.05) is 4.72 Å². The minimum Gasteiger partial charge on any atom is -0.477 e. The summed E-state index contributed by atoms with van der Waals surface area (Å²) in [4.78, 5) is 9.72. The van der Waals surface area contributed by atoms with Gasteiger partial charge in [-0.1, -0.05) is 0 Å². The molecule has 1 unspecified atom stereocenters. The third kappa shape index (κ3) is 3.81. The first-order valence-electron chi connectivity index (χ1n) is 5.18. The Kier molecular flexibility index (Phi) is 5.31. The van der Waals surface area contributed by atoms with Crippen molar-refractivity contribution in [1.82, 2.24) is 4.72 Å². The van der Waals surface area contributed by atoms with Gasteiger partial charge in [0.15, 0.2) is 5.82 Å². The molecule has 1 rings (SSSR count). The first kappa shape index (κ1) is 16.7. The lowest BCUT2D eigenvalue weighted by Crippen LogP contribution is -2.29. The molecule has 112 valence electrons. The van der Waals surface area contributed by atoms with Gasteiger partial charge >= 0.3 is 5.97 Å². The van der Waals surface area contributed by atoms with E-state index in [0.29, 0.717) is 12.1 Å². The average Bonchev–Trinajstić information content (AvgIpc) is 2.26. The Labute approximate surface area is 116 Å². The Morgan fingerprint density at radius 2 is 2.00 bits per heavy atom. The zero-order valence-electron chi connectivity index (χ0n) is 10.2. The van der Waals surface area contributed by atoms with Gasteiger partial charge in [0.05, 0.1) is 0 Å². The number of rotatable bonds is 6. The topological polar surface area (TPSA) is 101 Å². The second-order valence-electron chi connectivity index (χ2n) is 3.71. The molecule has 0 spiro atoms. The van der Waals surface area contributed by atoms with Gasteiger partial charge in [-0.25, -0.2) is 26.7 Å². The maximum atomic E-state index is 13.8. The molecule has 0 saturated carbocycles. The van der Waals surface area contributed by atoms with Crippen LogP contribution in [-0.4, -0.2) is 42.3 Å². The van der Waals surface area contributed by atoms with Gasteiger partial charge in [0.25, 0.3) is 0 Å². The van der Waals surface area contributed by atoms with Gasteiger partial charge < -0.3 is 5.11 Å². The SMILES string of the molecule is CS(=O)CCNS(=O)(=O)c1ccc(F)c(C(=O)O)c1F. The first-order chi connectivity index (χ1) is 9.16. The molecule has 10 heteroatoms. The monoisotopic (exact) mass is 327 g/mol. The Morgan fingerprint density at radius 1 is 1.40 bits per heavy atom. The summed E-state index contributed by atoms with van der Waals surface area (Å²) in [5.41, 5.74) is -1.34. The highest BCUT2D eigenvalue weighted by atomic mass is 32.2. The molecule has 1 aromatic carbocycles. The maximum absolute atomic E-state index is 13.8. The highest BCUT2D eigenvalue weighted by Crippen LogP contribution is 2.20. The molecular formula is C10H11F2NO5S2. The van der Waals surface area contributed by atoms with Gasteiger partial charge in [-0.05, 0) is 12.1 Å². The lowest BCUT2D eigenvalue weighted by molar-refractivity contribution is 0.0685. The van der Waals surface area contributed by atoms with Crippen LogP contribution in [0, 0.1) is 11.6 Å². The van der Waals surface area contributed by atoms with Crippen LogP contribution < -0.4 is 4.72 Å². The van der Waals surface area contributed by atoms with E-state index in [2.05, 4.69) is 0 Å². The average molecular weight is 327 g/mol. The summed E-state index contributed by atoms with van der Waals surface area (Å²) in [5, 5.41) is 8.65. The molecule has 2 N–H and O–H groups in total. The number of hydrogen-bond acceptors (Lipinski definition) is 4. The smallest absolute Gasteiger partial charge is 0.341 e. The standard InChI is InChI=1S/C10H11F2NO5S2/c1-19(16)5-4-13-20(17,18)7-3-2-6(11)8(9(7)12)10(14)15/h2-3,13H,4-5H2,1H3,(H,14,15). The van der Waals surface area contributed by atoms with E-state index < -0.39 is 48.9 Å². The van der Waals surface area contributed by atoms with E-state index >= 15 is 0 Å². The van der Waals surface area contributed by atoms with Crippen molar-refractivity contribution >= 4 is 26.8 Å². The molecule has 20 heavy (non-hydrogen) atoms. The number of benzene rings is 1. The molecule has 1 aromatic rings. The summed E-state index contributed by atoms with van der Waals surface area (Å²) in [6.07, 6.45) is 1.36. The normalized spacial score (nSPS) is 13.2. The Morgan fingerprint density at radius 3 is 2.50 bits per heavy atom. The predicted octanol–water partition coefficient (Wildman–Crippen LogP) is 0.320. The number of nitrogens with one attached hydrogen (secondary N) is 1. The molecule has 0 aromatic heterocycles. The van der Waals surface area contributed by atoms with E-state index in [1.54, 1.807) is 0 Å². The fraction of sp³-hybridized carbons (Fsp3) is 0.300. The molecule has 0 aliphatic carbocycles. The van der Waals surface area contributed by atoms with Gasteiger partial charge in [0, 0.05) is 29.4 Å². The van der Waals surface area contributed by atoms with E-state index in [0.717, 1.165) is 0 Å². The number of carbonyl (C=O) groups is 1. The van der Waals surface area contributed by atoms with Crippen LogP contribution in [0.4, 0.5) is 8.78 Å². The molecule has 0 aliphatic heterocycles. The van der Waals surface area contributed by atoms with E-state index in [9.17, 15) is 26.2 Å². The van der Waals surface area contributed by atoms with Gasteiger partial charge in [0.2, 0.25) is 10.0 Å². The van der Waals surface area contributed by atoms with Crippen molar-refractivity contribution in [3.05, 3.63) is 29.3 Å². The molecule has 6 nitrogen and oxygen atoms in total. The van der Waals surface area contributed by atoms with Gasteiger partial charge in [-0.2, -0.15) is 0 Å². The van der Waals surface area contributed by atoms with Gasteiger partial charge in [0.1, 0.15) is 16.3 Å². The van der Waals surface area contributed by atoms with Crippen molar-refractivity contribution in [3.63, 3.8) is 0 Å². The summed E-state index contributed by atoms with van der Waals surface area (Å²) < 4.78 is 63.2. The number of carboxylic acid groups (broad SMARTS) is 1. The molecule has 0 saturated heterocycles. The van der Waals surface area contributed by atoms with Gasteiger partial charge in [-0.3, -0.25) is 4.21 Å². The number of halogens is 2. The van der Waals surface area contributed by atoms with Crippen LogP contribution in [0.3, 0.4) is 0 Å². The van der Waals surface area contributed by atoms with Crippen molar-refractivity contribution in [1.29, 1.82) is 0 Å². The second-order valence-corrected chi connectivity index (χ2v) is 7.00. The van der Waals surface area contributed by atoms with Crippen molar-refractivity contribution < 1.29 is 31.3 Å². The Bertz CT molecular complexity index is 660. The number of sulfonamides is 1. The molecule has 0 bridgehead atoms. The Hall–Kier alpha value is -1.39. The highest BCUT2D eigenvalue weighted by Gasteiger charge is 2.26. The van der Waals surface area contributed by atoms with Crippen LogP contribution in [-0.2, 0) is 20.8 Å². The zero-order chi connectivity index (χ0) is 15.5. The fourth-order valence-electron chi connectivity index (χ4n) is 1.33. The number of aromatic carboxylic acids is 1. The molecule has 0 aliphatic rings. The van der Waals surface area contributed by atoms with Crippen LogP contribution >= 0.6 is 0 Å². The zero-order valence-corrected chi connectivity index (χ0v) is 11.9. The molecule has 0 heterocycles. The van der Waals surface area contributed by atoms with Crippen LogP contribution in [0.5, 0.6) is 0 Å². The number of carboxylic acids is 1. The lowest BCUT2D eigenvalue weighted by Gasteiger charge is -2.09. The molecule has 0 fully saturated rings. The quantitative estimate of drug-likeness (QED) is 0.784. The Balaban J connectivity index is 3.16. The third-order valence-electron chi connectivity index (χ3n) is 2.24. The third-order valence-corrected chi connectivity index (χ3v) is 4.50.